The number of hydrogen-bond acceptors (Lipinski definition) is 4. The van der Waals surface area contributed by atoms with E-state index < -0.39 is 10.0 Å². The Bertz CT molecular complexity index is 720. The van der Waals surface area contributed by atoms with Crippen LogP contribution in [0.4, 0.5) is 10.1 Å². The highest BCUT2D eigenvalue weighted by atomic mass is 32.2. The highest BCUT2D eigenvalue weighted by molar-refractivity contribution is 7.89. The second-order valence-corrected chi connectivity index (χ2v) is 6.10. The van der Waals surface area contributed by atoms with Crippen molar-refractivity contribution in [2.45, 2.75) is 11.3 Å². The third-order valence-electron chi connectivity index (χ3n) is 2.99. The molecule has 0 aliphatic rings. The molecule has 0 bridgehead atoms. The molecule has 0 fully saturated rings. The zero-order chi connectivity index (χ0) is 15.3. The number of anilines is 1. The number of sulfonamides is 1. The number of halogens is 1. The number of aromatic nitrogens is 1. The molecule has 0 unspecified atom stereocenters. The van der Waals surface area contributed by atoms with E-state index in [2.05, 4.69) is 15.0 Å². The van der Waals surface area contributed by atoms with Gasteiger partial charge in [-0.3, -0.25) is 4.98 Å². The van der Waals surface area contributed by atoms with E-state index in [-0.39, 0.29) is 23.7 Å². The highest BCUT2D eigenvalue weighted by Crippen LogP contribution is 2.18. The van der Waals surface area contributed by atoms with Crippen LogP contribution in [-0.2, 0) is 16.4 Å². The van der Waals surface area contributed by atoms with Crippen LogP contribution in [0.3, 0.4) is 0 Å². The Morgan fingerprint density at radius 3 is 2.71 bits per heavy atom. The molecule has 0 spiro atoms. The quantitative estimate of drug-likeness (QED) is 0.853. The van der Waals surface area contributed by atoms with Crippen molar-refractivity contribution >= 4 is 15.7 Å². The normalized spacial score (nSPS) is 11.3. The molecule has 5 nitrogen and oxygen atoms in total. The fourth-order valence-corrected chi connectivity index (χ4v) is 3.09. The predicted molar refractivity (Wildman–Crippen MR) is 79.1 cm³/mol. The van der Waals surface area contributed by atoms with Crippen LogP contribution in [0.15, 0.2) is 47.6 Å². The lowest BCUT2D eigenvalue weighted by Crippen LogP contribution is -2.27. The number of nitrogens with zero attached hydrogens (tertiary/aromatic N) is 1. The van der Waals surface area contributed by atoms with Crippen LogP contribution in [0, 0.1) is 5.82 Å². The summed E-state index contributed by atoms with van der Waals surface area (Å²) in [4.78, 5) is 3.89. The largest absolute Gasteiger partial charge is 0.387 e. The molecule has 0 radical (unpaired) electrons. The Morgan fingerprint density at radius 1 is 1.24 bits per heavy atom. The highest BCUT2D eigenvalue weighted by Gasteiger charge is 2.17. The third kappa shape index (κ3) is 3.77. The lowest BCUT2D eigenvalue weighted by Gasteiger charge is -2.10. The lowest BCUT2D eigenvalue weighted by molar-refractivity contribution is 0.577. The first-order valence-electron chi connectivity index (χ1n) is 6.39. The van der Waals surface area contributed by atoms with Gasteiger partial charge in [-0.25, -0.2) is 17.5 Å². The fourth-order valence-electron chi connectivity index (χ4n) is 1.90. The minimum absolute atomic E-state index is 0.0704. The van der Waals surface area contributed by atoms with E-state index in [9.17, 15) is 12.8 Å². The van der Waals surface area contributed by atoms with E-state index in [0.29, 0.717) is 11.3 Å². The standard InChI is InChI=1S/C14H16FN3O2S/c1-16-13-7-8-17-10-14(13)21(19,20)18-9-6-11-4-2-3-5-12(11)15/h2-5,7-8,10,18H,6,9H2,1H3,(H,16,17). The summed E-state index contributed by atoms with van der Waals surface area (Å²) in [6, 6.07) is 7.87. The van der Waals surface area contributed by atoms with Gasteiger partial charge in [-0.05, 0) is 24.1 Å². The topological polar surface area (TPSA) is 71.1 Å². The van der Waals surface area contributed by atoms with Gasteiger partial charge >= 0.3 is 0 Å². The minimum Gasteiger partial charge on any atom is -0.387 e. The molecule has 1 aromatic heterocycles. The first-order chi connectivity index (χ1) is 10.0. The zero-order valence-corrected chi connectivity index (χ0v) is 12.3. The molecule has 2 N–H and O–H groups in total. The molecule has 2 aromatic rings. The van der Waals surface area contributed by atoms with Crippen molar-refractivity contribution < 1.29 is 12.8 Å². The Morgan fingerprint density at radius 2 is 2.00 bits per heavy atom. The monoisotopic (exact) mass is 309 g/mol. The number of hydrogen-bond donors (Lipinski definition) is 2. The fraction of sp³-hybridized carbons (Fsp3) is 0.214. The van der Waals surface area contributed by atoms with Gasteiger partial charge in [0, 0.05) is 26.0 Å². The first-order valence-corrected chi connectivity index (χ1v) is 7.88. The summed E-state index contributed by atoms with van der Waals surface area (Å²) in [6.07, 6.45) is 3.06. The van der Waals surface area contributed by atoms with Crippen molar-refractivity contribution in [3.63, 3.8) is 0 Å². The number of benzene rings is 1. The molecule has 0 atom stereocenters. The average Bonchev–Trinajstić information content (AvgIpc) is 2.49. The SMILES string of the molecule is CNc1ccncc1S(=O)(=O)NCCc1ccccc1F. The molecule has 0 saturated carbocycles. The summed E-state index contributed by atoms with van der Waals surface area (Å²) in [5.41, 5.74) is 0.934. The van der Waals surface area contributed by atoms with Crippen LogP contribution < -0.4 is 10.0 Å². The van der Waals surface area contributed by atoms with Crippen molar-refractivity contribution in [3.05, 3.63) is 54.1 Å². The van der Waals surface area contributed by atoms with Crippen LogP contribution in [0.1, 0.15) is 5.56 Å². The molecule has 21 heavy (non-hydrogen) atoms. The van der Waals surface area contributed by atoms with Gasteiger partial charge in [0.05, 0.1) is 5.69 Å². The van der Waals surface area contributed by atoms with Gasteiger partial charge in [0.2, 0.25) is 10.0 Å². The summed E-state index contributed by atoms with van der Waals surface area (Å²) in [7, 11) is -2.05. The van der Waals surface area contributed by atoms with Crippen LogP contribution in [0.25, 0.3) is 0 Å². The summed E-state index contributed by atoms with van der Waals surface area (Å²) < 4.78 is 40.3. The molecular weight excluding hydrogens is 293 g/mol. The molecule has 112 valence electrons. The summed E-state index contributed by atoms with van der Waals surface area (Å²) in [6.45, 7) is 0.112. The Balaban J connectivity index is 2.07. The van der Waals surface area contributed by atoms with Crippen LogP contribution in [0.5, 0.6) is 0 Å². The molecule has 0 aliphatic heterocycles. The average molecular weight is 309 g/mol. The number of pyridine rings is 1. The first kappa shape index (κ1) is 15.4. The van der Waals surface area contributed by atoms with E-state index in [0.717, 1.165) is 0 Å². The molecular formula is C14H16FN3O2S. The van der Waals surface area contributed by atoms with Gasteiger partial charge in [0.1, 0.15) is 10.7 Å². The maximum absolute atomic E-state index is 13.5. The van der Waals surface area contributed by atoms with Crippen molar-refractivity contribution in [3.8, 4) is 0 Å². The van der Waals surface area contributed by atoms with Crippen LogP contribution in [-0.4, -0.2) is 27.0 Å². The minimum atomic E-state index is -3.68. The van der Waals surface area contributed by atoms with E-state index in [1.165, 1.54) is 18.5 Å². The summed E-state index contributed by atoms with van der Waals surface area (Å²) in [5, 5.41) is 2.80. The van der Waals surface area contributed by atoms with Gasteiger partial charge in [0.25, 0.3) is 0 Å². The number of nitrogens with one attached hydrogen (secondary N) is 2. The Labute approximate surface area is 123 Å². The molecule has 0 aliphatic carbocycles. The van der Waals surface area contributed by atoms with E-state index >= 15 is 0 Å². The van der Waals surface area contributed by atoms with E-state index in [1.807, 2.05) is 0 Å². The molecule has 7 heteroatoms. The lowest BCUT2D eigenvalue weighted by atomic mass is 10.1. The second kappa shape index (κ2) is 6.64. The van der Waals surface area contributed by atoms with Crippen LogP contribution in [0.2, 0.25) is 0 Å². The summed E-state index contributed by atoms with van der Waals surface area (Å²) in [5.74, 6) is -0.339. The molecule has 0 amide bonds. The van der Waals surface area contributed by atoms with Crippen molar-refractivity contribution in [1.82, 2.24) is 9.71 Å². The number of rotatable bonds is 6. The molecule has 1 aromatic carbocycles. The molecule has 2 rings (SSSR count). The van der Waals surface area contributed by atoms with E-state index in [1.54, 1.807) is 31.3 Å². The van der Waals surface area contributed by atoms with Crippen LogP contribution >= 0.6 is 0 Å². The predicted octanol–water partition coefficient (Wildman–Crippen LogP) is 1.78. The van der Waals surface area contributed by atoms with Crippen molar-refractivity contribution in [2.24, 2.45) is 0 Å². The van der Waals surface area contributed by atoms with Gasteiger partial charge in [-0.2, -0.15) is 0 Å². The van der Waals surface area contributed by atoms with Gasteiger partial charge < -0.3 is 5.32 Å². The smallest absolute Gasteiger partial charge is 0.244 e. The van der Waals surface area contributed by atoms with Gasteiger partial charge in [-0.15, -0.1) is 0 Å². The summed E-state index contributed by atoms with van der Waals surface area (Å²) >= 11 is 0. The Hall–Kier alpha value is -1.99. The third-order valence-corrected chi connectivity index (χ3v) is 4.48. The molecule has 1 heterocycles. The van der Waals surface area contributed by atoms with Crippen molar-refractivity contribution in [2.75, 3.05) is 18.9 Å². The molecule has 0 saturated heterocycles. The van der Waals surface area contributed by atoms with Crippen molar-refractivity contribution in [1.29, 1.82) is 0 Å². The Kier molecular flexibility index (Phi) is 4.87. The second-order valence-electron chi connectivity index (χ2n) is 4.36. The maximum atomic E-state index is 13.5. The zero-order valence-electron chi connectivity index (χ0n) is 11.5. The van der Waals surface area contributed by atoms with Gasteiger partial charge in [-0.1, -0.05) is 18.2 Å². The van der Waals surface area contributed by atoms with E-state index in [4.69, 9.17) is 0 Å². The van der Waals surface area contributed by atoms with Gasteiger partial charge in [0.15, 0.2) is 0 Å². The maximum Gasteiger partial charge on any atom is 0.244 e.